The van der Waals surface area contributed by atoms with Crippen LogP contribution in [0.5, 0.6) is 0 Å². The molecule has 0 saturated carbocycles. The molecule has 5 nitrogen and oxygen atoms in total. The number of aryl methyl sites for hydroxylation is 1. The van der Waals surface area contributed by atoms with Gasteiger partial charge in [-0.25, -0.2) is 4.79 Å². The zero-order chi connectivity index (χ0) is 10.4. The Bertz CT molecular complexity index is 297. The van der Waals surface area contributed by atoms with Crippen molar-refractivity contribution in [2.45, 2.75) is 6.92 Å². The molecule has 76 valence electrons. The van der Waals surface area contributed by atoms with Gasteiger partial charge >= 0.3 is 6.09 Å². The Kier molecular flexibility index (Phi) is 3.87. The van der Waals surface area contributed by atoms with Crippen LogP contribution >= 0.6 is 0 Å². The molecule has 1 heterocycles. The zero-order valence-corrected chi connectivity index (χ0v) is 7.86. The maximum absolute atomic E-state index is 11.0. The largest absolute Gasteiger partial charge is 0.447 e. The summed E-state index contributed by atoms with van der Waals surface area (Å²) >= 11 is 0. The zero-order valence-electron chi connectivity index (χ0n) is 7.86. The number of ether oxygens (including phenoxy) is 1. The van der Waals surface area contributed by atoms with E-state index in [1.807, 2.05) is 6.92 Å². The highest BCUT2D eigenvalue weighted by molar-refractivity contribution is 5.84. The smallest absolute Gasteiger partial charge is 0.411 e. The number of pyridine rings is 1. The molecule has 0 aliphatic rings. The Morgan fingerprint density at radius 3 is 3.00 bits per heavy atom. The van der Waals surface area contributed by atoms with Crippen LogP contribution in [0.25, 0.3) is 0 Å². The molecule has 0 aromatic carbocycles. The predicted molar refractivity (Wildman–Crippen MR) is 51.0 cm³/mol. The van der Waals surface area contributed by atoms with Gasteiger partial charge in [-0.05, 0) is 19.1 Å². The molecule has 0 spiro atoms. The van der Waals surface area contributed by atoms with Gasteiger partial charge in [0.1, 0.15) is 6.61 Å². The third-order valence-corrected chi connectivity index (χ3v) is 1.48. The lowest BCUT2D eigenvalue weighted by Crippen LogP contribution is -2.15. The van der Waals surface area contributed by atoms with Crippen LogP contribution in [0.3, 0.4) is 0 Å². The number of aliphatic hydroxyl groups is 1. The fourth-order valence-electron chi connectivity index (χ4n) is 0.834. The molecule has 1 rings (SSSR count). The Labute approximate surface area is 81.7 Å². The molecule has 0 aliphatic carbocycles. The third kappa shape index (κ3) is 3.40. The van der Waals surface area contributed by atoms with E-state index in [0.717, 1.165) is 5.69 Å². The summed E-state index contributed by atoms with van der Waals surface area (Å²) < 4.78 is 4.60. The molecule has 0 unspecified atom stereocenters. The van der Waals surface area contributed by atoms with Crippen LogP contribution in [0.4, 0.5) is 10.5 Å². The molecule has 5 heteroatoms. The Morgan fingerprint density at radius 1 is 1.64 bits per heavy atom. The molecule has 1 aromatic heterocycles. The van der Waals surface area contributed by atoms with Crippen molar-refractivity contribution in [3.05, 3.63) is 24.0 Å². The van der Waals surface area contributed by atoms with Crippen molar-refractivity contribution in [2.24, 2.45) is 0 Å². The number of hydrogen-bond acceptors (Lipinski definition) is 4. The van der Waals surface area contributed by atoms with E-state index in [1.54, 1.807) is 12.1 Å². The van der Waals surface area contributed by atoms with Crippen molar-refractivity contribution in [3.63, 3.8) is 0 Å². The first-order chi connectivity index (χ1) is 6.72. The van der Waals surface area contributed by atoms with E-state index in [4.69, 9.17) is 5.11 Å². The second-order valence-electron chi connectivity index (χ2n) is 2.67. The van der Waals surface area contributed by atoms with Crippen molar-refractivity contribution in [2.75, 3.05) is 18.5 Å². The van der Waals surface area contributed by atoms with Crippen LogP contribution in [0.15, 0.2) is 18.3 Å². The molecule has 2 N–H and O–H groups in total. The van der Waals surface area contributed by atoms with Gasteiger partial charge in [0.05, 0.1) is 18.5 Å². The van der Waals surface area contributed by atoms with Crippen LogP contribution in [0.2, 0.25) is 0 Å². The summed E-state index contributed by atoms with van der Waals surface area (Å²) in [6.45, 7) is 1.67. The number of aliphatic hydroxyl groups excluding tert-OH is 1. The van der Waals surface area contributed by atoms with Crippen molar-refractivity contribution in [1.29, 1.82) is 0 Å². The lowest BCUT2D eigenvalue weighted by atomic mass is 10.3. The van der Waals surface area contributed by atoms with E-state index >= 15 is 0 Å². The SMILES string of the molecule is Cc1ccc(NC(=O)OCCO)cn1. The standard InChI is InChI=1S/C9H12N2O3/c1-7-2-3-8(6-10-7)11-9(13)14-5-4-12/h2-3,6,12H,4-5H2,1H3,(H,11,13). The summed E-state index contributed by atoms with van der Waals surface area (Å²) in [5, 5.41) is 10.9. The number of hydrogen-bond donors (Lipinski definition) is 2. The minimum atomic E-state index is -0.593. The van der Waals surface area contributed by atoms with E-state index < -0.39 is 6.09 Å². The number of amides is 1. The highest BCUT2D eigenvalue weighted by atomic mass is 16.6. The summed E-state index contributed by atoms with van der Waals surface area (Å²) in [6, 6.07) is 3.50. The summed E-state index contributed by atoms with van der Waals surface area (Å²) in [5.74, 6) is 0. The Balaban J connectivity index is 2.44. The molecule has 0 atom stereocenters. The maximum Gasteiger partial charge on any atom is 0.411 e. The number of aromatic nitrogens is 1. The number of rotatable bonds is 3. The average Bonchev–Trinajstić information content (AvgIpc) is 2.18. The molecule has 0 radical (unpaired) electrons. The summed E-state index contributed by atoms with van der Waals surface area (Å²) in [6.07, 6.45) is 0.944. The Hall–Kier alpha value is -1.62. The minimum absolute atomic E-state index is 0.00881. The highest BCUT2D eigenvalue weighted by Crippen LogP contribution is 2.05. The number of nitrogens with zero attached hydrogens (tertiary/aromatic N) is 1. The van der Waals surface area contributed by atoms with Gasteiger partial charge in [-0.2, -0.15) is 0 Å². The van der Waals surface area contributed by atoms with Crippen molar-refractivity contribution in [3.8, 4) is 0 Å². The van der Waals surface area contributed by atoms with E-state index in [2.05, 4.69) is 15.0 Å². The van der Waals surface area contributed by atoms with Gasteiger partial charge in [-0.15, -0.1) is 0 Å². The fraction of sp³-hybridized carbons (Fsp3) is 0.333. The van der Waals surface area contributed by atoms with Crippen LogP contribution in [0, 0.1) is 6.92 Å². The van der Waals surface area contributed by atoms with Gasteiger partial charge in [-0.1, -0.05) is 0 Å². The van der Waals surface area contributed by atoms with Crippen LogP contribution in [-0.4, -0.2) is 29.4 Å². The van der Waals surface area contributed by atoms with Crippen LogP contribution < -0.4 is 5.32 Å². The molecule has 0 bridgehead atoms. The van der Waals surface area contributed by atoms with Gasteiger partial charge in [-0.3, -0.25) is 10.3 Å². The van der Waals surface area contributed by atoms with Crippen LogP contribution in [-0.2, 0) is 4.74 Å². The summed E-state index contributed by atoms with van der Waals surface area (Å²) in [7, 11) is 0. The lowest BCUT2D eigenvalue weighted by Gasteiger charge is -2.04. The van der Waals surface area contributed by atoms with Crippen molar-refractivity contribution >= 4 is 11.8 Å². The van der Waals surface area contributed by atoms with Gasteiger partial charge in [0.15, 0.2) is 0 Å². The number of carbonyl (C=O) groups is 1. The number of nitrogens with one attached hydrogen (secondary N) is 1. The average molecular weight is 196 g/mol. The third-order valence-electron chi connectivity index (χ3n) is 1.48. The van der Waals surface area contributed by atoms with E-state index in [-0.39, 0.29) is 13.2 Å². The molecule has 14 heavy (non-hydrogen) atoms. The van der Waals surface area contributed by atoms with Gasteiger partial charge in [0, 0.05) is 5.69 Å². The first-order valence-corrected chi connectivity index (χ1v) is 4.19. The topological polar surface area (TPSA) is 71.5 Å². The first-order valence-electron chi connectivity index (χ1n) is 4.19. The molecule has 0 saturated heterocycles. The monoisotopic (exact) mass is 196 g/mol. The second-order valence-corrected chi connectivity index (χ2v) is 2.67. The normalized spacial score (nSPS) is 9.57. The summed E-state index contributed by atoms with van der Waals surface area (Å²) in [4.78, 5) is 15.0. The van der Waals surface area contributed by atoms with Gasteiger partial charge in [0.25, 0.3) is 0 Å². The highest BCUT2D eigenvalue weighted by Gasteiger charge is 2.01. The molecule has 1 aromatic rings. The van der Waals surface area contributed by atoms with E-state index in [0.29, 0.717) is 5.69 Å². The molecule has 0 aliphatic heterocycles. The second kappa shape index (κ2) is 5.18. The van der Waals surface area contributed by atoms with Crippen LogP contribution in [0.1, 0.15) is 5.69 Å². The molecule has 1 amide bonds. The number of carbonyl (C=O) groups excluding carboxylic acids is 1. The Morgan fingerprint density at radius 2 is 2.43 bits per heavy atom. The van der Waals surface area contributed by atoms with Gasteiger partial charge < -0.3 is 9.84 Å². The van der Waals surface area contributed by atoms with Crippen molar-refractivity contribution in [1.82, 2.24) is 4.98 Å². The molecular weight excluding hydrogens is 184 g/mol. The first kappa shape index (κ1) is 10.5. The van der Waals surface area contributed by atoms with E-state index in [9.17, 15) is 4.79 Å². The number of anilines is 1. The molecule has 0 fully saturated rings. The molecular formula is C9H12N2O3. The quantitative estimate of drug-likeness (QED) is 0.754. The maximum atomic E-state index is 11.0. The fourth-order valence-corrected chi connectivity index (χ4v) is 0.834. The predicted octanol–water partition coefficient (Wildman–Crippen LogP) is 0.931. The summed E-state index contributed by atoms with van der Waals surface area (Å²) in [5.41, 5.74) is 1.44. The minimum Gasteiger partial charge on any atom is -0.447 e. The van der Waals surface area contributed by atoms with Crippen molar-refractivity contribution < 1.29 is 14.6 Å². The lowest BCUT2D eigenvalue weighted by molar-refractivity contribution is 0.131. The van der Waals surface area contributed by atoms with E-state index in [1.165, 1.54) is 6.20 Å². The van der Waals surface area contributed by atoms with Gasteiger partial charge in [0.2, 0.25) is 0 Å².